The predicted octanol–water partition coefficient (Wildman–Crippen LogP) is 5.72. The second-order valence-electron chi connectivity index (χ2n) is 7.35. The van der Waals surface area contributed by atoms with Crippen LogP contribution in [0.25, 0.3) is 6.08 Å². The number of carbonyl (C=O) groups excluding carboxylic acids is 1. The molecule has 7 nitrogen and oxygen atoms in total. The molecule has 0 saturated carbocycles. The van der Waals surface area contributed by atoms with Gasteiger partial charge in [-0.15, -0.1) is 0 Å². The fourth-order valence-corrected chi connectivity index (χ4v) is 4.71. The van der Waals surface area contributed by atoms with Gasteiger partial charge in [-0.05, 0) is 48.0 Å². The van der Waals surface area contributed by atoms with Gasteiger partial charge in [0.15, 0.2) is 4.32 Å². The molecule has 3 aromatic rings. The highest BCUT2D eigenvalue weighted by Gasteiger charge is 2.34. The van der Waals surface area contributed by atoms with Crippen molar-refractivity contribution in [2.24, 2.45) is 0 Å². The second kappa shape index (κ2) is 10.3. The Morgan fingerprint density at radius 3 is 2.26 bits per heavy atom. The molecule has 1 aliphatic rings. The van der Waals surface area contributed by atoms with Crippen LogP contribution in [0.4, 0.5) is 5.69 Å². The minimum atomic E-state index is -1.32. The number of thiocarbonyl (C=S) groups is 1. The Bertz CT molecular complexity index is 1350. The molecule has 10 heteroatoms. The monoisotopic (exact) mass is 525 g/mol. The number of aromatic carboxylic acids is 2. The van der Waals surface area contributed by atoms with Crippen LogP contribution in [0.2, 0.25) is 5.02 Å². The highest BCUT2D eigenvalue weighted by Crippen LogP contribution is 2.38. The van der Waals surface area contributed by atoms with Crippen LogP contribution < -0.4 is 9.64 Å². The van der Waals surface area contributed by atoms with Crippen LogP contribution >= 0.6 is 35.6 Å². The molecule has 0 radical (unpaired) electrons. The summed E-state index contributed by atoms with van der Waals surface area (Å²) in [5.41, 5.74) is 1.11. The first-order valence-corrected chi connectivity index (χ1v) is 11.7. The van der Waals surface area contributed by atoms with Crippen LogP contribution in [0, 0.1) is 0 Å². The zero-order chi connectivity index (χ0) is 25.1. The molecule has 0 bridgehead atoms. The van der Waals surface area contributed by atoms with E-state index in [2.05, 4.69) is 0 Å². The number of halogens is 1. The van der Waals surface area contributed by atoms with E-state index in [1.807, 2.05) is 18.2 Å². The van der Waals surface area contributed by atoms with E-state index in [4.69, 9.17) is 28.6 Å². The van der Waals surface area contributed by atoms with Gasteiger partial charge in [-0.3, -0.25) is 9.69 Å². The molecule has 4 rings (SSSR count). The van der Waals surface area contributed by atoms with E-state index in [0.29, 0.717) is 22.9 Å². The standard InChI is InChI=1S/C25H16ClNO6S2/c26-18-7-5-14(6-8-18)13-33-20-4-2-1-3-15(20)12-21-22(28)27(25(34)35-21)19-10-16(23(29)30)9-17(11-19)24(31)32/h1-12H,13H2,(H,29,30)(H,31,32)/b21-12-. The first kappa shape index (κ1) is 24.5. The summed E-state index contributed by atoms with van der Waals surface area (Å²) in [5, 5.41) is 19.3. The average Bonchev–Trinajstić information content (AvgIpc) is 3.11. The number of rotatable bonds is 7. The third-order valence-corrected chi connectivity index (χ3v) is 6.53. The molecule has 1 saturated heterocycles. The minimum absolute atomic E-state index is 0.0699. The number of thioether (sulfide) groups is 1. The van der Waals surface area contributed by atoms with Crippen LogP contribution in [0.15, 0.2) is 71.6 Å². The van der Waals surface area contributed by atoms with Gasteiger partial charge in [-0.25, -0.2) is 9.59 Å². The number of benzene rings is 3. The molecule has 0 atom stereocenters. The van der Waals surface area contributed by atoms with Gasteiger partial charge < -0.3 is 14.9 Å². The molecule has 0 aliphatic carbocycles. The van der Waals surface area contributed by atoms with Crippen LogP contribution in [0.5, 0.6) is 5.75 Å². The van der Waals surface area contributed by atoms with Gasteiger partial charge in [0.1, 0.15) is 12.4 Å². The lowest BCUT2D eigenvalue weighted by atomic mass is 10.1. The lowest BCUT2D eigenvalue weighted by Crippen LogP contribution is -2.28. The van der Waals surface area contributed by atoms with Crippen LogP contribution in [0.1, 0.15) is 31.8 Å². The van der Waals surface area contributed by atoms with Gasteiger partial charge in [0, 0.05) is 10.6 Å². The third-order valence-electron chi connectivity index (χ3n) is 4.98. The second-order valence-corrected chi connectivity index (χ2v) is 9.46. The van der Waals surface area contributed by atoms with Crippen molar-refractivity contribution in [3.63, 3.8) is 0 Å². The van der Waals surface area contributed by atoms with Crippen LogP contribution in [-0.2, 0) is 11.4 Å². The Hall–Kier alpha value is -3.66. The highest BCUT2D eigenvalue weighted by atomic mass is 35.5. The Kier molecular flexibility index (Phi) is 7.20. The SMILES string of the molecule is O=C(O)c1cc(C(=O)O)cc(N2C(=O)/C(=C/c3ccccc3OCc3ccc(Cl)cc3)SC2=S)c1. The molecule has 1 aliphatic heterocycles. The van der Waals surface area contributed by atoms with Crippen molar-refractivity contribution < 1.29 is 29.3 Å². The zero-order valence-electron chi connectivity index (χ0n) is 17.8. The highest BCUT2D eigenvalue weighted by molar-refractivity contribution is 8.27. The summed E-state index contributed by atoms with van der Waals surface area (Å²) in [4.78, 5) is 37.5. The summed E-state index contributed by atoms with van der Waals surface area (Å²) in [6, 6.07) is 17.9. The Labute approximate surface area is 214 Å². The number of hydrogen-bond donors (Lipinski definition) is 2. The predicted molar refractivity (Wildman–Crippen MR) is 138 cm³/mol. The van der Waals surface area contributed by atoms with Crippen molar-refractivity contribution in [3.05, 3.63) is 98.9 Å². The normalized spacial score (nSPS) is 14.4. The summed E-state index contributed by atoms with van der Waals surface area (Å²) in [5.74, 6) is -2.58. The minimum Gasteiger partial charge on any atom is -0.488 e. The molecule has 1 fully saturated rings. The first-order chi connectivity index (χ1) is 16.7. The van der Waals surface area contributed by atoms with E-state index < -0.39 is 17.8 Å². The molecule has 3 aromatic carbocycles. The van der Waals surface area contributed by atoms with Crippen LogP contribution in [0.3, 0.4) is 0 Å². The van der Waals surface area contributed by atoms with Crippen molar-refractivity contribution in [1.29, 1.82) is 0 Å². The van der Waals surface area contributed by atoms with Crippen molar-refractivity contribution in [1.82, 2.24) is 0 Å². The van der Waals surface area contributed by atoms with Crippen LogP contribution in [-0.4, -0.2) is 32.4 Å². The van der Waals surface area contributed by atoms with E-state index in [0.717, 1.165) is 28.3 Å². The number of nitrogens with zero attached hydrogens (tertiary/aromatic N) is 1. The first-order valence-electron chi connectivity index (χ1n) is 10.1. The maximum atomic E-state index is 13.2. The van der Waals surface area contributed by atoms with Crippen molar-refractivity contribution >= 4 is 69.5 Å². The van der Waals surface area contributed by atoms with E-state index in [9.17, 15) is 24.6 Å². The molecule has 35 heavy (non-hydrogen) atoms. The summed E-state index contributed by atoms with van der Waals surface area (Å²) < 4.78 is 6.10. The number of carboxylic acids is 2. The third kappa shape index (κ3) is 5.54. The fourth-order valence-electron chi connectivity index (χ4n) is 3.29. The van der Waals surface area contributed by atoms with Crippen molar-refractivity contribution in [3.8, 4) is 5.75 Å². The lowest BCUT2D eigenvalue weighted by Gasteiger charge is -2.16. The molecular weight excluding hydrogens is 510 g/mol. The summed E-state index contributed by atoms with van der Waals surface area (Å²) >= 11 is 12.3. The van der Waals surface area contributed by atoms with Gasteiger partial charge in [0.2, 0.25) is 0 Å². The van der Waals surface area contributed by atoms with E-state index in [1.54, 1.807) is 36.4 Å². The van der Waals surface area contributed by atoms with Gasteiger partial charge in [-0.1, -0.05) is 65.9 Å². The van der Waals surface area contributed by atoms with E-state index >= 15 is 0 Å². The summed E-state index contributed by atoms with van der Waals surface area (Å²) in [7, 11) is 0. The van der Waals surface area contributed by atoms with Crippen molar-refractivity contribution in [2.45, 2.75) is 6.61 Å². The van der Waals surface area contributed by atoms with Crippen molar-refractivity contribution in [2.75, 3.05) is 4.90 Å². The quantitative estimate of drug-likeness (QED) is 0.298. The molecule has 0 spiro atoms. The topological polar surface area (TPSA) is 104 Å². The number of hydrogen-bond acceptors (Lipinski definition) is 6. The molecule has 2 N–H and O–H groups in total. The van der Waals surface area contributed by atoms with Gasteiger partial charge in [0.05, 0.1) is 21.7 Å². The maximum Gasteiger partial charge on any atom is 0.335 e. The zero-order valence-corrected chi connectivity index (χ0v) is 20.2. The fraction of sp³-hybridized carbons (Fsp3) is 0.0400. The van der Waals surface area contributed by atoms with Gasteiger partial charge in [0.25, 0.3) is 5.91 Å². The number of carbonyl (C=O) groups is 3. The molecule has 0 unspecified atom stereocenters. The number of para-hydroxylation sites is 1. The molecule has 1 amide bonds. The number of carboxylic acid groups (broad SMARTS) is 2. The van der Waals surface area contributed by atoms with Gasteiger partial charge in [-0.2, -0.15) is 0 Å². The molecule has 176 valence electrons. The lowest BCUT2D eigenvalue weighted by molar-refractivity contribution is -0.113. The molecule has 0 aromatic heterocycles. The largest absolute Gasteiger partial charge is 0.488 e. The number of anilines is 1. The van der Waals surface area contributed by atoms with Gasteiger partial charge >= 0.3 is 11.9 Å². The average molecular weight is 526 g/mol. The Balaban J connectivity index is 1.62. The molecule has 1 heterocycles. The summed E-state index contributed by atoms with van der Waals surface area (Å²) in [6.45, 7) is 0.295. The summed E-state index contributed by atoms with van der Waals surface area (Å²) in [6.07, 6.45) is 1.63. The molecular formula is C25H16ClNO6S2. The Morgan fingerprint density at radius 2 is 1.63 bits per heavy atom. The number of amides is 1. The van der Waals surface area contributed by atoms with E-state index in [-0.39, 0.29) is 26.0 Å². The smallest absolute Gasteiger partial charge is 0.335 e. The van der Waals surface area contributed by atoms with E-state index in [1.165, 1.54) is 12.1 Å². The Morgan fingerprint density at radius 1 is 1.00 bits per heavy atom. The number of ether oxygens (including phenoxy) is 1. The maximum absolute atomic E-state index is 13.2.